The number of H-pyrrole nitrogens is 1. The number of carbonyl (C=O) groups excluding carboxylic acids is 2. The number of amides is 1. The maximum atomic E-state index is 12.2. The number of aromatic nitrogens is 1. The van der Waals surface area contributed by atoms with Crippen LogP contribution >= 0.6 is 23.1 Å². The normalized spacial score (nSPS) is 22.0. The van der Waals surface area contributed by atoms with Crippen LogP contribution in [0.4, 0.5) is 0 Å². The molecule has 0 aliphatic carbocycles. The minimum atomic E-state index is -0.627. The smallest absolute Gasteiger partial charge is 0.327 e. The van der Waals surface area contributed by atoms with Crippen molar-refractivity contribution in [1.82, 2.24) is 9.99 Å². The first-order chi connectivity index (χ1) is 12.7. The van der Waals surface area contributed by atoms with E-state index in [0.717, 1.165) is 20.8 Å². The van der Waals surface area contributed by atoms with Gasteiger partial charge in [-0.3, -0.25) is 19.6 Å². The van der Waals surface area contributed by atoms with Gasteiger partial charge in [-0.15, -0.1) is 11.3 Å². The lowest BCUT2D eigenvalue weighted by molar-refractivity contribution is -0.156. The average Bonchev–Trinajstić information content (AvgIpc) is 3.24. The van der Waals surface area contributed by atoms with E-state index in [9.17, 15) is 9.59 Å². The summed E-state index contributed by atoms with van der Waals surface area (Å²) >= 11 is 3.10. The molecular formula is C17H19N5O3S2. The van der Waals surface area contributed by atoms with Crippen molar-refractivity contribution in [3.8, 4) is 0 Å². The van der Waals surface area contributed by atoms with E-state index in [0.29, 0.717) is 0 Å². The molecule has 4 heterocycles. The molecule has 10 heteroatoms. The van der Waals surface area contributed by atoms with Gasteiger partial charge in [-0.25, -0.2) is 0 Å². The molecule has 4 rings (SSSR count). The number of primary amides is 1. The molecule has 0 fully saturated rings. The molecule has 2 aromatic rings. The molecule has 1 amide bonds. The van der Waals surface area contributed by atoms with Crippen LogP contribution < -0.4 is 5.73 Å². The summed E-state index contributed by atoms with van der Waals surface area (Å²) in [5, 5.41) is 8.33. The number of rotatable bonds is 4. The SMILES string of the molecule is CC(C)(C)OC(=O)CN1N=C(C(N)=O)C2N=C(c3c[nH]c4ccsc34)SC21. The number of aliphatic imine (C=N–C) groups is 1. The van der Waals surface area contributed by atoms with Crippen LogP contribution in [0.15, 0.2) is 27.7 Å². The summed E-state index contributed by atoms with van der Waals surface area (Å²) < 4.78 is 6.48. The van der Waals surface area contributed by atoms with E-state index in [1.165, 1.54) is 11.8 Å². The predicted molar refractivity (Wildman–Crippen MR) is 107 cm³/mol. The molecule has 2 aliphatic rings. The Kier molecular flexibility index (Phi) is 4.26. The summed E-state index contributed by atoms with van der Waals surface area (Å²) in [7, 11) is 0. The van der Waals surface area contributed by atoms with Gasteiger partial charge in [0.05, 0.1) is 10.2 Å². The Balaban J connectivity index is 1.59. The first-order valence-corrected chi connectivity index (χ1v) is 10.1. The third-order valence-corrected chi connectivity index (χ3v) is 6.28. The molecule has 3 N–H and O–H groups in total. The van der Waals surface area contributed by atoms with Crippen LogP contribution in [0.25, 0.3) is 10.2 Å². The topological polar surface area (TPSA) is 113 Å². The van der Waals surface area contributed by atoms with Crippen molar-refractivity contribution in [3.05, 3.63) is 23.2 Å². The minimum Gasteiger partial charge on any atom is -0.459 e. The van der Waals surface area contributed by atoms with E-state index in [1.54, 1.807) is 37.1 Å². The van der Waals surface area contributed by atoms with Gasteiger partial charge in [0.25, 0.3) is 5.91 Å². The van der Waals surface area contributed by atoms with Crippen LogP contribution in [0.2, 0.25) is 0 Å². The van der Waals surface area contributed by atoms with Crippen LogP contribution in [0.5, 0.6) is 0 Å². The number of hydrogen-bond donors (Lipinski definition) is 2. The molecule has 0 saturated heterocycles. The zero-order valence-electron chi connectivity index (χ0n) is 15.1. The van der Waals surface area contributed by atoms with E-state index >= 15 is 0 Å². The lowest BCUT2D eigenvalue weighted by Gasteiger charge is -2.24. The Morgan fingerprint density at radius 3 is 2.89 bits per heavy atom. The fraction of sp³-hybridized carbons (Fsp3) is 0.412. The summed E-state index contributed by atoms with van der Waals surface area (Å²) in [4.78, 5) is 32.0. The van der Waals surface area contributed by atoms with Gasteiger partial charge in [0.15, 0.2) is 5.71 Å². The van der Waals surface area contributed by atoms with Crippen molar-refractivity contribution < 1.29 is 14.3 Å². The van der Waals surface area contributed by atoms with Crippen LogP contribution in [0.1, 0.15) is 26.3 Å². The molecule has 27 heavy (non-hydrogen) atoms. The number of thioether (sulfide) groups is 1. The molecule has 2 unspecified atom stereocenters. The van der Waals surface area contributed by atoms with Gasteiger partial charge in [-0.05, 0) is 32.2 Å². The highest BCUT2D eigenvalue weighted by molar-refractivity contribution is 8.15. The standard InChI is InChI=1S/C17H19N5O3S2/c1-17(2,3)25-10(23)7-22-16-12(11(21-22)14(18)24)20-15(27-16)8-6-19-9-4-5-26-13(8)9/h4-6,12,16,19H,7H2,1-3H3,(H2,18,24). The number of nitrogens with two attached hydrogens (primary N) is 1. The van der Waals surface area contributed by atoms with Crippen LogP contribution in [-0.4, -0.2) is 56.2 Å². The highest BCUT2D eigenvalue weighted by atomic mass is 32.2. The van der Waals surface area contributed by atoms with Crippen molar-refractivity contribution in [2.75, 3.05) is 6.54 Å². The van der Waals surface area contributed by atoms with Crippen molar-refractivity contribution >= 4 is 55.9 Å². The first kappa shape index (κ1) is 18.1. The molecule has 0 bridgehead atoms. The second kappa shape index (κ2) is 6.38. The van der Waals surface area contributed by atoms with Gasteiger partial charge in [-0.2, -0.15) is 5.10 Å². The van der Waals surface area contributed by atoms with E-state index in [1.807, 2.05) is 17.6 Å². The van der Waals surface area contributed by atoms with Gasteiger partial charge in [-0.1, -0.05) is 11.8 Å². The van der Waals surface area contributed by atoms with Gasteiger partial charge in [0.2, 0.25) is 0 Å². The van der Waals surface area contributed by atoms with Crippen molar-refractivity contribution in [1.29, 1.82) is 0 Å². The number of thiophene rings is 1. The second-order valence-electron chi connectivity index (χ2n) is 7.29. The Morgan fingerprint density at radius 1 is 1.41 bits per heavy atom. The van der Waals surface area contributed by atoms with Crippen molar-refractivity contribution in [2.24, 2.45) is 15.8 Å². The Bertz CT molecular complexity index is 984. The van der Waals surface area contributed by atoms with E-state index < -0.39 is 23.5 Å². The monoisotopic (exact) mass is 405 g/mol. The summed E-state index contributed by atoms with van der Waals surface area (Å²) in [6, 6.07) is 1.52. The largest absolute Gasteiger partial charge is 0.459 e. The number of nitrogens with zero attached hydrogens (tertiary/aromatic N) is 3. The summed E-state index contributed by atoms with van der Waals surface area (Å²) in [6.45, 7) is 5.35. The van der Waals surface area contributed by atoms with Crippen LogP contribution in [0.3, 0.4) is 0 Å². The van der Waals surface area contributed by atoms with E-state index in [2.05, 4.69) is 10.1 Å². The molecule has 2 atom stereocenters. The number of hydrogen-bond acceptors (Lipinski definition) is 8. The zero-order chi connectivity index (χ0) is 19.3. The highest BCUT2D eigenvalue weighted by Crippen LogP contribution is 2.39. The van der Waals surface area contributed by atoms with E-state index in [-0.39, 0.29) is 17.6 Å². The molecule has 2 aliphatic heterocycles. The predicted octanol–water partition coefficient (Wildman–Crippen LogP) is 1.92. The number of aromatic amines is 1. The maximum Gasteiger partial charge on any atom is 0.327 e. The van der Waals surface area contributed by atoms with Gasteiger partial charge < -0.3 is 15.5 Å². The summed E-state index contributed by atoms with van der Waals surface area (Å²) in [5.74, 6) is -1.04. The number of esters is 1. The van der Waals surface area contributed by atoms with Crippen LogP contribution in [-0.2, 0) is 14.3 Å². The number of carbonyl (C=O) groups is 2. The second-order valence-corrected chi connectivity index (χ2v) is 9.31. The molecule has 2 aromatic heterocycles. The van der Waals surface area contributed by atoms with Crippen molar-refractivity contribution in [3.63, 3.8) is 0 Å². The number of nitrogens with one attached hydrogen (secondary N) is 1. The Labute approximate surface area is 163 Å². The molecular weight excluding hydrogens is 386 g/mol. The molecule has 8 nitrogen and oxygen atoms in total. The number of hydrazone groups is 1. The third-order valence-electron chi connectivity index (χ3n) is 4.04. The fourth-order valence-electron chi connectivity index (χ4n) is 3.04. The summed E-state index contributed by atoms with van der Waals surface area (Å²) in [6.07, 6.45) is 1.91. The quantitative estimate of drug-likeness (QED) is 0.755. The zero-order valence-corrected chi connectivity index (χ0v) is 16.7. The lowest BCUT2D eigenvalue weighted by Crippen LogP contribution is -2.38. The molecule has 0 aromatic carbocycles. The highest BCUT2D eigenvalue weighted by Gasteiger charge is 2.46. The fourth-order valence-corrected chi connectivity index (χ4v) is 5.23. The minimum absolute atomic E-state index is 0.0629. The lowest BCUT2D eigenvalue weighted by atomic mass is 10.2. The molecule has 0 radical (unpaired) electrons. The number of fused-ring (bicyclic) bond motifs is 2. The third kappa shape index (κ3) is 3.34. The molecule has 0 spiro atoms. The van der Waals surface area contributed by atoms with Gasteiger partial charge >= 0.3 is 5.97 Å². The molecule has 142 valence electrons. The van der Waals surface area contributed by atoms with Crippen LogP contribution in [0, 0.1) is 0 Å². The Hall–Kier alpha value is -2.33. The average molecular weight is 406 g/mol. The maximum absolute atomic E-state index is 12.2. The van der Waals surface area contributed by atoms with Gasteiger partial charge in [0, 0.05) is 11.8 Å². The molecule has 0 saturated carbocycles. The summed E-state index contributed by atoms with van der Waals surface area (Å²) in [5.41, 5.74) is 7.10. The number of ether oxygens (including phenoxy) is 1. The Morgan fingerprint density at radius 2 is 2.19 bits per heavy atom. The van der Waals surface area contributed by atoms with E-state index in [4.69, 9.17) is 15.5 Å². The van der Waals surface area contributed by atoms with Gasteiger partial charge in [0.1, 0.15) is 28.6 Å². The first-order valence-electron chi connectivity index (χ1n) is 8.39. The van der Waals surface area contributed by atoms with Crippen molar-refractivity contribution in [2.45, 2.75) is 37.8 Å².